The number of nitrogens with one attached hydrogen (secondary N) is 1. The van der Waals surface area contributed by atoms with E-state index in [2.05, 4.69) is 10.4 Å². The van der Waals surface area contributed by atoms with Gasteiger partial charge in [0.05, 0.1) is 30.2 Å². The number of methoxy groups -OCH3 is 1. The molecular weight excluding hydrogens is 320 g/mol. The fraction of sp³-hybridized carbons (Fsp3) is 0.389. The number of carbonyl (C=O) groups is 1. The highest BCUT2D eigenvalue weighted by molar-refractivity contribution is 5.91. The first-order valence-electron chi connectivity index (χ1n) is 8.15. The van der Waals surface area contributed by atoms with Gasteiger partial charge in [-0.3, -0.25) is 4.79 Å². The number of hydrogen-bond donors (Lipinski definition) is 1. The van der Waals surface area contributed by atoms with Gasteiger partial charge in [0.2, 0.25) is 5.91 Å². The van der Waals surface area contributed by atoms with Crippen LogP contribution in [0, 0.1) is 17.2 Å². The average molecular weight is 340 g/mol. The fourth-order valence-electron chi connectivity index (χ4n) is 2.92. The van der Waals surface area contributed by atoms with Crippen LogP contribution in [0.5, 0.6) is 0 Å². The lowest BCUT2D eigenvalue weighted by Crippen LogP contribution is -2.36. The van der Waals surface area contributed by atoms with Gasteiger partial charge in [0.25, 0.3) is 0 Å². The molecule has 25 heavy (non-hydrogen) atoms. The van der Waals surface area contributed by atoms with Crippen molar-refractivity contribution in [1.82, 2.24) is 9.78 Å². The third-order valence-corrected chi connectivity index (χ3v) is 4.32. The molecule has 1 aromatic carbocycles. The molecule has 1 aromatic heterocycles. The summed E-state index contributed by atoms with van der Waals surface area (Å²) in [4.78, 5) is 12.3. The van der Waals surface area contributed by atoms with Crippen molar-refractivity contribution >= 4 is 11.6 Å². The molecule has 0 bridgehead atoms. The molecule has 1 saturated heterocycles. The molecule has 130 valence electrons. The first-order valence-corrected chi connectivity index (χ1v) is 8.15. The van der Waals surface area contributed by atoms with Crippen LogP contribution in [-0.4, -0.2) is 42.1 Å². The third kappa shape index (κ3) is 4.24. The van der Waals surface area contributed by atoms with Crippen molar-refractivity contribution in [2.24, 2.45) is 5.92 Å². The number of rotatable bonds is 5. The molecule has 3 rings (SSSR count). The summed E-state index contributed by atoms with van der Waals surface area (Å²) in [5, 5.41) is 15.9. The predicted octanol–water partition coefficient (Wildman–Crippen LogP) is 2.12. The smallest absolute Gasteiger partial charge is 0.224 e. The average Bonchev–Trinajstić information content (AvgIpc) is 3.12. The highest BCUT2D eigenvalue weighted by atomic mass is 16.5. The Labute approximate surface area is 146 Å². The summed E-state index contributed by atoms with van der Waals surface area (Å²) in [6.45, 7) is 1.21. The monoisotopic (exact) mass is 340 g/mol. The standard InChI is InChI=1S/C18H20N4O3/c1-24-17-12-25-7-6-14(17)8-18(23)21-15-2-4-16(5-3-15)22-11-13(9-19)10-20-22/h2-5,10-11,14,17H,6-8,12H2,1H3,(H,21,23). The molecule has 0 spiro atoms. The van der Waals surface area contributed by atoms with Crippen LogP contribution < -0.4 is 5.32 Å². The Kier molecular flexibility index (Phi) is 5.43. The minimum absolute atomic E-state index is 0.0315. The van der Waals surface area contributed by atoms with Crippen molar-refractivity contribution in [2.45, 2.75) is 18.9 Å². The maximum absolute atomic E-state index is 12.3. The summed E-state index contributed by atoms with van der Waals surface area (Å²) in [5.74, 6) is 0.138. The van der Waals surface area contributed by atoms with Crippen LogP contribution in [0.3, 0.4) is 0 Å². The van der Waals surface area contributed by atoms with Gasteiger partial charge in [-0.2, -0.15) is 10.4 Å². The largest absolute Gasteiger partial charge is 0.379 e. The van der Waals surface area contributed by atoms with Gasteiger partial charge >= 0.3 is 0 Å². The molecule has 1 fully saturated rings. The highest BCUT2D eigenvalue weighted by Crippen LogP contribution is 2.22. The molecule has 2 atom stereocenters. The van der Waals surface area contributed by atoms with Crippen molar-refractivity contribution in [2.75, 3.05) is 25.6 Å². The number of nitriles is 1. The minimum Gasteiger partial charge on any atom is -0.379 e. The van der Waals surface area contributed by atoms with E-state index >= 15 is 0 Å². The quantitative estimate of drug-likeness (QED) is 0.900. The predicted molar refractivity (Wildman–Crippen MR) is 91.2 cm³/mol. The van der Waals surface area contributed by atoms with E-state index in [1.54, 1.807) is 18.0 Å². The molecule has 2 unspecified atom stereocenters. The van der Waals surface area contributed by atoms with Crippen molar-refractivity contribution < 1.29 is 14.3 Å². The lowest BCUT2D eigenvalue weighted by molar-refractivity contribution is -0.121. The Morgan fingerprint density at radius 3 is 2.96 bits per heavy atom. The molecular formula is C18H20N4O3. The first kappa shape index (κ1) is 17.1. The molecule has 2 aromatic rings. The van der Waals surface area contributed by atoms with E-state index < -0.39 is 0 Å². The molecule has 1 N–H and O–H groups in total. The number of benzene rings is 1. The van der Waals surface area contributed by atoms with Gasteiger partial charge in [0.1, 0.15) is 6.07 Å². The lowest BCUT2D eigenvalue weighted by atomic mass is 9.93. The van der Waals surface area contributed by atoms with E-state index in [-0.39, 0.29) is 17.9 Å². The summed E-state index contributed by atoms with van der Waals surface area (Å²) in [6.07, 6.45) is 4.37. The Balaban J connectivity index is 1.59. The van der Waals surface area contributed by atoms with Gasteiger partial charge in [-0.05, 0) is 36.6 Å². The van der Waals surface area contributed by atoms with E-state index in [1.165, 1.54) is 6.20 Å². The Hall–Kier alpha value is -2.69. The minimum atomic E-state index is -0.0347. The number of ether oxygens (including phenoxy) is 2. The van der Waals surface area contributed by atoms with Crippen LogP contribution in [0.1, 0.15) is 18.4 Å². The van der Waals surface area contributed by atoms with Gasteiger partial charge < -0.3 is 14.8 Å². The second-order valence-electron chi connectivity index (χ2n) is 5.98. The van der Waals surface area contributed by atoms with Crippen molar-refractivity contribution in [3.63, 3.8) is 0 Å². The van der Waals surface area contributed by atoms with Gasteiger partial charge in [0, 0.05) is 32.0 Å². The Bertz CT molecular complexity index is 763. The molecule has 7 nitrogen and oxygen atoms in total. The van der Waals surface area contributed by atoms with Gasteiger partial charge in [-0.15, -0.1) is 0 Å². The van der Waals surface area contributed by atoms with Crippen LogP contribution in [-0.2, 0) is 14.3 Å². The lowest BCUT2D eigenvalue weighted by Gasteiger charge is -2.29. The third-order valence-electron chi connectivity index (χ3n) is 4.32. The summed E-state index contributed by atoms with van der Waals surface area (Å²) < 4.78 is 12.4. The van der Waals surface area contributed by atoms with Crippen LogP contribution in [0.15, 0.2) is 36.7 Å². The number of aromatic nitrogens is 2. The van der Waals surface area contributed by atoms with E-state index in [0.717, 1.165) is 17.8 Å². The molecule has 0 saturated carbocycles. The zero-order chi connectivity index (χ0) is 17.6. The first-order chi connectivity index (χ1) is 12.2. The molecule has 7 heteroatoms. The maximum atomic E-state index is 12.3. The van der Waals surface area contributed by atoms with E-state index in [4.69, 9.17) is 14.7 Å². The van der Waals surface area contributed by atoms with Gasteiger partial charge in [-0.25, -0.2) is 4.68 Å². The summed E-state index contributed by atoms with van der Waals surface area (Å²) >= 11 is 0. The van der Waals surface area contributed by atoms with Crippen LogP contribution >= 0.6 is 0 Å². The van der Waals surface area contributed by atoms with Crippen molar-refractivity contribution in [3.8, 4) is 11.8 Å². The Morgan fingerprint density at radius 1 is 1.48 bits per heavy atom. The Morgan fingerprint density at radius 2 is 2.28 bits per heavy atom. The molecule has 0 radical (unpaired) electrons. The molecule has 1 aliphatic heterocycles. The topological polar surface area (TPSA) is 89.2 Å². The van der Waals surface area contributed by atoms with Crippen molar-refractivity contribution in [3.05, 3.63) is 42.2 Å². The van der Waals surface area contributed by atoms with Crippen LogP contribution in [0.2, 0.25) is 0 Å². The zero-order valence-corrected chi connectivity index (χ0v) is 14.0. The second kappa shape index (κ2) is 7.92. The zero-order valence-electron chi connectivity index (χ0n) is 14.0. The number of nitrogens with zero attached hydrogens (tertiary/aromatic N) is 3. The second-order valence-corrected chi connectivity index (χ2v) is 5.98. The van der Waals surface area contributed by atoms with Gasteiger partial charge in [-0.1, -0.05) is 0 Å². The summed E-state index contributed by atoms with van der Waals surface area (Å²) in [6, 6.07) is 9.37. The summed E-state index contributed by atoms with van der Waals surface area (Å²) in [5.41, 5.74) is 2.05. The van der Waals surface area contributed by atoms with Crippen molar-refractivity contribution in [1.29, 1.82) is 5.26 Å². The molecule has 2 heterocycles. The molecule has 1 amide bonds. The fourth-order valence-corrected chi connectivity index (χ4v) is 2.92. The summed E-state index contributed by atoms with van der Waals surface area (Å²) in [7, 11) is 1.65. The van der Waals surface area contributed by atoms with Crippen LogP contribution in [0.4, 0.5) is 5.69 Å². The number of carbonyl (C=O) groups excluding carboxylic acids is 1. The van der Waals surface area contributed by atoms with E-state index in [9.17, 15) is 4.79 Å². The number of anilines is 1. The number of hydrogen-bond acceptors (Lipinski definition) is 5. The molecule has 0 aliphatic carbocycles. The van der Waals surface area contributed by atoms with Gasteiger partial charge in [0.15, 0.2) is 0 Å². The van der Waals surface area contributed by atoms with E-state index in [0.29, 0.717) is 25.2 Å². The highest BCUT2D eigenvalue weighted by Gasteiger charge is 2.27. The van der Waals surface area contributed by atoms with E-state index in [1.807, 2.05) is 30.3 Å². The maximum Gasteiger partial charge on any atom is 0.224 e. The normalized spacial score (nSPS) is 20.0. The SMILES string of the molecule is COC1COCCC1CC(=O)Nc1ccc(-n2cc(C#N)cn2)cc1. The molecule has 1 aliphatic rings. The number of amides is 1. The van der Waals surface area contributed by atoms with Crippen LogP contribution in [0.25, 0.3) is 5.69 Å².